The third kappa shape index (κ3) is 102. The Kier molecular flexibility index (Phi) is 108. The molecule has 12 heteroatoms. The van der Waals surface area contributed by atoms with Gasteiger partial charge in [-0.3, -0.25) is 14.4 Å². The SMILES string of the molecule is C.C.C.C.C.C.CCC(=O)OC.CCC(O)COC.CCC(O)COC(C)=O.CCNC(=O)OC.CCNC(C)=O. The van der Waals surface area contributed by atoms with E-state index in [1.165, 1.54) is 28.1 Å². The lowest BCUT2D eigenvalue weighted by Crippen LogP contribution is -2.21. The van der Waals surface area contributed by atoms with Crippen LogP contribution in [0.4, 0.5) is 4.79 Å². The standard InChI is InChI=1S/C6H12O3.C5H12O2.C4H9NO2.C4H9NO.C4H8O2.6CH4/c1-3-6(8)4-9-5(2)7;1-3-5(6)4-7-2;1-3-5-4(6)7-2;1-3-5-4(2)6;1-3-4(5)6-2;;;;;;/h6,8H,3-4H2,1-2H3;5-6H,3-4H2,1-2H3;3H2,1-2H3,(H,5,6);3H2,1-2H3,(H,5,6);3H2,1-2H3;6*1H4. The number of aliphatic hydroxyl groups is 2. The topological polar surface area (TPSA) is 170 Å². The van der Waals surface area contributed by atoms with Crippen LogP contribution in [0.1, 0.15) is 112 Å². The molecule has 0 heterocycles. The number of hydrogen-bond donors (Lipinski definition) is 4. The maximum atomic E-state index is 10.1. The molecule has 2 unspecified atom stereocenters. The zero-order valence-corrected chi connectivity index (χ0v) is 23.3. The Morgan fingerprint density at radius 1 is 0.659 bits per heavy atom. The lowest BCUT2D eigenvalue weighted by atomic mass is 10.3. The van der Waals surface area contributed by atoms with Crippen molar-refractivity contribution in [2.75, 3.05) is 47.6 Å². The summed E-state index contributed by atoms with van der Waals surface area (Å²) in [7, 11) is 4.30. The lowest BCUT2D eigenvalue weighted by molar-refractivity contribution is -0.144. The van der Waals surface area contributed by atoms with Crippen LogP contribution in [0.2, 0.25) is 0 Å². The highest BCUT2D eigenvalue weighted by molar-refractivity contribution is 5.72. The predicted octanol–water partition coefficient (Wildman–Crippen LogP) is 5.61. The van der Waals surface area contributed by atoms with Crippen LogP contribution in [-0.2, 0) is 33.3 Å². The minimum atomic E-state index is -0.506. The Bertz CT molecular complexity index is 488. The van der Waals surface area contributed by atoms with Crippen molar-refractivity contribution in [1.29, 1.82) is 0 Å². The fraction of sp³-hybridized carbons (Fsp3) is 0.862. The molecule has 0 fully saturated rings. The van der Waals surface area contributed by atoms with E-state index in [-0.39, 0.29) is 81.2 Å². The summed E-state index contributed by atoms with van der Waals surface area (Å²) >= 11 is 0. The zero-order chi connectivity index (χ0) is 28.7. The molecule has 0 aromatic heterocycles. The molecule has 2 atom stereocenters. The molecule has 0 rings (SSSR count). The van der Waals surface area contributed by atoms with E-state index in [1.54, 1.807) is 14.0 Å². The van der Waals surface area contributed by atoms with Crippen molar-refractivity contribution in [1.82, 2.24) is 10.6 Å². The summed E-state index contributed by atoms with van der Waals surface area (Å²) in [5.41, 5.74) is 0. The second-order valence-electron chi connectivity index (χ2n) is 6.42. The number of rotatable bonds is 9. The molecule has 0 bridgehead atoms. The van der Waals surface area contributed by atoms with Crippen LogP contribution >= 0.6 is 0 Å². The van der Waals surface area contributed by atoms with Crippen LogP contribution in [0.15, 0.2) is 0 Å². The van der Waals surface area contributed by atoms with Crippen molar-refractivity contribution in [2.45, 2.75) is 124 Å². The summed E-state index contributed by atoms with van der Waals surface area (Å²) in [5.74, 6) is -0.463. The van der Waals surface area contributed by atoms with Gasteiger partial charge in [0.05, 0.1) is 33.0 Å². The summed E-state index contributed by atoms with van der Waals surface area (Å²) in [4.78, 5) is 40.1. The smallest absolute Gasteiger partial charge is 0.406 e. The van der Waals surface area contributed by atoms with Gasteiger partial charge in [-0.05, 0) is 26.7 Å². The summed E-state index contributed by atoms with van der Waals surface area (Å²) in [6, 6.07) is 0. The van der Waals surface area contributed by atoms with Gasteiger partial charge in [-0.25, -0.2) is 4.79 Å². The third-order valence-electron chi connectivity index (χ3n) is 3.23. The first-order chi connectivity index (χ1) is 16.4. The van der Waals surface area contributed by atoms with Crippen LogP contribution in [0.3, 0.4) is 0 Å². The van der Waals surface area contributed by atoms with Gasteiger partial charge < -0.3 is 39.8 Å². The first-order valence-electron chi connectivity index (χ1n) is 11.5. The molecule has 0 spiro atoms. The van der Waals surface area contributed by atoms with Crippen molar-refractivity contribution in [3.63, 3.8) is 0 Å². The maximum absolute atomic E-state index is 10.1. The average molecular weight is 611 g/mol. The molecule has 0 aromatic rings. The van der Waals surface area contributed by atoms with E-state index in [2.05, 4.69) is 29.6 Å². The van der Waals surface area contributed by atoms with Gasteiger partial charge in [0.15, 0.2) is 0 Å². The molecule has 12 nitrogen and oxygen atoms in total. The molecule has 0 aliphatic rings. The number of methoxy groups -OCH3 is 3. The minimum absolute atomic E-state index is 0. The van der Waals surface area contributed by atoms with Crippen LogP contribution in [0.25, 0.3) is 0 Å². The van der Waals surface area contributed by atoms with Crippen molar-refractivity contribution in [2.24, 2.45) is 0 Å². The summed E-state index contributed by atoms with van der Waals surface area (Å²) in [6.07, 6.45) is 0.707. The molecule has 0 radical (unpaired) electrons. The summed E-state index contributed by atoms with van der Waals surface area (Å²) < 4.78 is 17.7. The highest BCUT2D eigenvalue weighted by Crippen LogP contribution is 1.90. The number of alkyl carbamates (subject to hydrolysis) is 1. The number of carbonyl (C=O) groups excluding carboxylic acids is 4. The maximum Gasteiger partial charge on any atom is 0.406 e. The molecule has 0 saturated carbocycles. The van der Waals surface area contributed by atoms with Gasteiger partial charge in [0, 0.05) is 40.5 Å². The minimum Gasteiger partial charge on any atom is -0.469 e. The number of hydrogen-bond acceptors (Lipinski definition) is 10. The van der Waals surface area contributed by atoms with E-state index >= 15 is 0 Å². The fourth-order valence-electron chi connectivity index (χ4n) is 1.25. The number of esters is 2. The number of aliphatic hydroxyl groups excluding tert-OH is 2. The largest absolute Gasteiger partial charge is 0.469 e. The molecule has 260 valence electrons. The van der Waals surface area contributed by atoms with Gasteiger partial charge in [-0.1, -0.05) is 65.3 Å². The van der Waals surface area contributed by atoms with Gasteiger partial charge in [-0.15, -0.1) is 0 Å². The Morgan fingerprint density at radius 2 is 1.05 bits per heavy atom. The van der Waals surface area contributed by atoms with E-state index in [9.17, 15) is 19.2 Å². The first kappa shape index (κ1) is 71.6. The predicted molar refractivity (Wildman–Crippen MR) is 174 cm³/mol. The Labute approximate surface area is 255 Å². The van der Waals surface area contributed by atoms with E-state index in [0.717, 1.165) is 13.0 Å². The molecule has 41 heavy (non-hydrogen) atoms. The fourth-order valence-corrected chi connectivity index (χ4v) is 1.25. The monoisotopic (exact) mass is 611 g/mol. The lowest BCUT2D eigenvalue weighted by Gasteiger charge is -2.05. The molecule has 0 aliphatic heterocycles. The normalized spacial score (nSPS) is 8.78. The van der Waals surface area contributed by atoms with Gasteiger partial charge in [0.2, 0.25) is 5.91 Å². The van der Waals surface area contributed by atoms with Gasteiger partial charge in [-0.2, -0.15) is 0 Å². The van der Waals surface area contributed by atoms with Gasteiger partial charge in [0.1, 0.15) is 6.61 Å². The highest BCUT2D eigenvalue weighted by Gasteiger charge is 2.01. The molecular weight excluding hydrogens is 536 g/mol. The molecule has 4 N–H and O–H groups in total. The van der Waals surface area contributed by atoms with Gasteiger partial charge >= 0.3 is 18.0 Å². The molecule has 0 saturated heterocycles. The van der Waals surface area contributed by atoms with Gasteiger partial charge in [0.25, 0.3) is 0 Å². The Hall–Kier alpha value is -2.44. The molecule has 0 aromatic carbocycles. The summed E-state index contributed by atoms with van der Waals surface area (Å²) in [6.45, 7) is 14.0. The van der Waals surface area contributed by atoms with Crippen molar-refractivity contribution in [3.05, 3.63) is 0 Å². The third-order valence-corrected chi connectivity index (χ3v) is 3.23. The number of nitrogens with one attached hydrogen (secondary N) is 2. The van der Waals surface area contributed by atoms with E-state index in [4.69, 9.17) is 10.2 Å². The van der Waals surface area contributed by atoms with Crippen LogP contribution < -0.4 is 10.6 Å². The van der Waals surface area contributed by atoms with Crippen molar-refractivity contribution < 1.29 is 48.3 Å². The molecular formula is C29H74N2O10. The van der Waals surface area contributed by atoms with E-state index < -0.39 is 6.10 Å². The first-order valence-corrected chi connectivity index (χ1v) is 11.5. The second kappa shape index (κ2) is 61.5. The number of amides is 2. The zero-order valence-electron chi connectivity index (χ0n) is 23.3. The van der Waals surface area contributed by atoms with Crippen LogP contribution in [-0.4, -0.2) is 94.0 Å². The van der Waals surface area contributed by atoms with E-state index in [0.29, 0.717) is 26.0 Å². The Morgan fingerprint density at radius 3 is 1.17 bits per heavy atom. The van der Waals surface area contributed by atoms with Crippen molar-refractivity contribution in [3.8, 4) is 0 Å². The highest BCUT2D eigenvalue weighted by atomic mass is 16.5. The number of ether oxygens (including phenoxy) is 4. The van der Waals surface area contributed by atoms with Crippen LogP contribution in [0, 0.1) is 0 Å². The molecule has 0 aliphatic carbocycles. The van der Waals surface area contributed by atoms with Crippen LogP contribution in [0.5, 0.6) is 0 Å². The number of carbonyl (C=O) groups is 4. The Balaban J connectivity index is -0.0000000296. The van der Waals surface area contributed by atoms with E-state index in [1.807, 2.05) is 27.7 Å². The quantitative estimate of drug-likeness (QED) is 0.190. The summed E-state index contributed by atoms with van der Waals surface area (Å²) in [5, 5.41) is 22.6. The van der Waals surface area contributed by atoms with Crippen molar-refractivity contribution >= 4 is 23.9 Å². The second-order valence-corrected chi connectivity index (χ2v) is 6.42. The molecule has 2 amide bonds. The average Bonchev–Trinajstić information content (AvgIpc) is 2.83.